The van der Waals surface area contributed by atoms with Crippen molar-refractivity contribution < 1.29 is 14.7 Å². The Balaban J connectivity index is 1.79. The number of hydrogen-bond donors (Lipinski definition) is 2. The van der Waals surface area contributed by atoms with Crippen LogP contribution in [0.15, 0.2) is 29.7 Å². The maximum atomic E-state index is 10.7. The third-order valence-corrected chi connectivity index (χ3v) is 3.49. The Morgan fingerprint density at radius 3 is 2.90 bits per heavy atom. The van der Waals surface area contributed by atoms with E-state index in [4.69, 9.17) is 9.94 Å². The summed E-state index contributed by atoms with van der Waals surface area (Å²) in [5.41, 5.74) is 1.61. The average molecular weight is 277 g/mol. The van der Waals surface area contributed by atoms with Crippen molar-refractivity contribution >= 4 is 11.8 Å². The van der Waals surface area contributed by atoms with Crippen molar-refractivity contribution in [2.75, 3.05) is 0 Å². The number of nitrogens with zero attached hydrogens (tertiary/aromatic N) is 2. The van der Waals surface area contributed by atoms with Gasteiger partial charge in [0.2, 0.25) is 0 Å². The lowest BCUT2D eigenvalue weighted by atomic mass is 9.82. The van der Waals surface area contributed by atoms with Crippen LogP contribution in [0.25, 0.3) is 0 Å². The Hall–Kier alpha value is -2.11. The van der Waals surface area contributed by atoms with E-state index in [1.165, 1.54) is 0 Å². The summed E-state index contributed by atoms with van der Waals surface area (Å²) in [5, 5.41) is 15.5. The van der Waals surface area contributed by atoms with Crippen LogP contribution in [-0.4, -0.2) is 27.4 Å². The van der Waals surface area contributed by atoms with Gasteiger partial charge in [-0.05, 0) is 38.7 Å². The maximum Gasteiger partial charge on any atom is 0.405 e. The number of carboxylic acid groups (broad SMARTS) is 1. The first-order chi connectivity index (χ1) is 9.57. The van der Waals surface area contributed by atoms with Crippen molar-refractivity contribution in [1.29, 1.82) is 0 Å². The first-order valence-electron chi connectivity index (χ1n) is 6.65. The number of carbonyl (C=O) groups is 1. The maximum absolute atomic E-state index is 10.7. The Morgan fingerprint density at radius 2 is 2.30 bits per heavy atom. The molecule has 6 nitrogen and oxygen atoms in total. The molecule has 0 atom stereocenters. The Morgan fingerprint density at radius 1 is 1.55 bits per heavy atom. The van der Waals surface area contributed by atoms with E-state index < -0.39 is 6.09 Å². The van der Waals surface area contributed by atoms with Crippen molar-refractivity contribution in [3.05, 3.63) is 30.1 Å². The van der Waals surface area contributed by atoms with Gasteiger partial charge >= 0.3 is 6.09 Å². The molecule has 0 unspecified atom stereocenters. The van der Waals surface area contributed by atoms with Crippen LogP contribution in [0.3, 0.4) is 0 Å². The molecule has 0 bridgehead atoms. The average Bonchev–Trinajstić information content (AvgIpc) is 2.41. The normalized spacial score (nSPS) is 22.1. The molecule has 1 aromatic rings. The van der Waals surface area contributed by atoms with Crippen LogP contribution < -0.4 is 5.32 Å². The molecule has 6 heteroatoms. The van der Waals surface area contributed by atoms with Gasteiger partial charge in [-0.1, -0.05) is 11.2 Å². The summed E-state index contributed by atoms with van der Waals surface area (Å²) in [6, 6.07) is 3.79. The lowest BCUT2D eigenvalue weighted by Gasteiger charge is -2.33. The van der Waals surface area contributed by atoms with Crippen LogP contribution >= 0.6 is 0 Å². The number of aromatic nitrogens is 1. The fraction of sp³-hybridized carbons (Fsp3) is 0.500. The molecule has 2 rings (SSSR count). The fourth-order valence-corrected chi connectivity index (χ4v) is 2.25. The molecule has 1 aromatic heterocycles. The van der Waals surface area contributed by atoms with Crippen molar-refractivity contribution in [3.8, 4) is 0 Å². The van der Waals surface area contributed by atoms with Gasteiger partial charge in [0.15, 0.2) is 0 Å². The van der Waals surface area contributed by atoms with E-state index in [-0.39, 0.29) is 5.54 Å². The molecular weight excluding hydrogens is 258 g/mol. The minimum absolute atomic E-state index is 0.353. The van der Waals surface area contributed by atoms with Gasteiger partial charge in [-0.25, -0.2) is 4.79 Å². The highest BCUT2D eigenvalue weighted by Gasteiger charge is 2.30. The predicted molar refractivity (Wildman–Crippen MR) is 74.5 cm³/mol. The lowest BCUT2D eigenvalue weighted by molar-refractivity contribution is 0.127. The molecule has 1 aliphatic rings. The van der Waals surface area contributed by atoms with E-state index in [0.717, 1.165) is 37.0 Å². The second kappa shape index (κ2) is 6.36. The first kappa shape index (κ1) is 14.3. The van der Waals surface area contributed by atoms with E-state index in [2.05, 4.69) is 15.5 Å². The zero-order valence-corrected chi connectivity index (χ0v) is 11.5. The van der Waals surface area contributed by atoms with Crippen molar-refractivity contribution in [2.24, 2.45) is 5.16 Å². The highest BCUT2D eigenvalue weighted by molar-refractivity contribution is 5.85. The number of rotatable bonds is 4. The van der Waals surface area contributed by atoms with Gasteiger partial charge < -0.3 is 15.3 Å². The standard InChI is InChI=1S/C14H19N3O3/c1-14(16-13(18)19)6-4-12(5-7-14)17-20-10-11-3-2-8-15-9-11/h2-3,8-9,16H,4-7,10H2,1H3,(H,18,19). The molecule has 20 heavy (non-hydrogen) atoms. The molecular formula is C14H19N3O3. The third kappa shape index (κ3) is 4.22. The topological polar surface area (TPSA) is 83.8 Å². The molecule has 1 amide bonds. The lowest BCUT2D eigenvalue weighted by Crippen LogP contribution is -2.47. The number of oxime groups is 1. The van der Waals surface area contributed by atoms with Crippen molar-refractivity contribution in [2.45, 2.75) is 44.8 Å². The van der Waals surface area contributed by atoms with Crippen LogP contribution in [0.4, 0.5) is 4.79 Å². The summed E-state index contributed by atoms with van der Waals surface area (Å²) < 4.78 is 0. The molecule has 0 aliphatic heterocycles. The Bertz CT molecular complexity index is 478. The SMILES string of the molecule is CC1(NC(=O)O)CCC(=NOCc2cccnc2)CC1. The molecule has 1 saturated carbocycles. The monoisotopic (exact) mass is 277 g/mol. The molecule has 1 heterocycles. The molecule has 0 radical (unpaired) electrons. The second-order valence-corrected chi connectivity index (χ2v) is 5.28. The highest BCUT2D eigenvalue weighted by Crippen LogP contribution is 2.26. The number of amides is 1. The largest absolute Gasteiger partial charge is 0.465 e. The zero-order chi connectivity index (χ0) is 14.4. The summed E-state index contributed by atoms with van der Waals surface area (Å²) in [6.45, 7) is 2.33. The molecule has 108 valence electrons. The molecule has 2 N–H and O–H groups in total. The molecule has 1 aliphatic carbocycles. The quantitative estimate of drug-likeness (QED) is 0.828. The fourth-order valence-electron chi connectivity index (χ4n) is 2.25. The second-order valence-electron chi connectivity index (χ2n) is 5.28. The molecule has 0 spiro atoms. The summed E-state index contributed by atoms with van der Waals surface area (Å²) >= 11 is 0. The Kier molecular flexibility index (Phi) is 4.55. The smallest absolute Gasteiger partial charge is 0.405 e. The van der Waals surface area contributed by atoms with Gasteiger partial charge in [0.1, 0.15) is 6.61 Å². The van der Waals surface area contributed by atoms with E-state index in [9.17, 15) is 4.79 Å². The van der Waals surface area contributed by atoms with E-state index in [0.29, 0.717) is 6.61 Å². The summed E-state index contributed by atoms with van der Waals surface area (Å²) in [7, 11) is 0. The first-order valence-corrected chi connectivity index (χ1v) is 6.65. The van der Waals surface area contributed by atoms with Gasteiger partial charge in [0, 0.05) is 23.5 Å². The van der Waals surface area contributed by atoms with Gasteiger partial charge in [0.05, 0.1) is 5.71 Å². The number of pyridine rings is 1. The number of hydrogen-bond acceptors (Lipinski definition) is 4. The van der Waals surface area contributed by atoms with Gasteiger partial charge in [0.25, 0.3) is 0 Å². The summed E-state index contributed by atoms with van der Waals surface area (Å²) in [4.78, 5) is 20.0. The highest BCUT2D eigenvalue weighted by atomic mass is 16.6. The van der Waals surface area contributed by atoms with Gasteiger partial charge in [-0.2, -0.15) is 0 Å². The molecule has 1 fully saturated rings. The van der Waals surface area contributed by atoms with E-state index in [1.807, 2.05) is 19.1 Å². The minimum atomic E-state index is -0.972. The Labute approximate surface area is 117 Å². The van der Waals surface area contributed by atoms with Crippen LogP contribution in [0, 0.1) is 0 Å². The van der Waals surface area contributed by atoms with E-state index in [1.54, 1.807) is 12.4 Å². The van der Waals surface area contributed by atoms with Crippen molar-refractivity contribution in [1.82, 2.24) is 10.3 Å². The van der Waals surface area contributed by atoms with Crippen LogP contribution in [0.2, 0.25) is 0 Å². The molecule has 0 saturated heterocycles. The van der Waals surface area contributed by atoms with Crippen LogP contribution in [0.1, 0.15) is 38.2 Å². The van der Waals surface area contributed by atoms with Crippen molar-refractivity contribution in [3.63, 3.8) is 0 Å². The predicted octanol–water partition coefficient (Wildman–Crippen LogP) is 2.55. The number of nitrogens with one attached hydrogen (secondary N) is 1. The minimum Gasteiger partial charge on any atom is -0.465 e. The zero-order valence-electron chi connectivity index (χ0n) is 11.5. The van der Waals surface area contributed by atoms with Gasteiger partial charge in [-0.15, -0.1) is 0 Å². The third-order valence-electron chi connectivity index (χ3n) is 3.49. The van der Waals surface area contributed by atoms with Crippen LogP contribution in [0.5, 0.6) is 0 Å². The van der Waals surface area contributed by atoms with E-state index >= 15 is 0 Å². The van der Waals surface area contributed by atoms with Crippen LogP contribution in [-0.2, 0) is 11.4 Å². The van der Waals surface area contributed by atoms with Gasteiger partial charge in [-0.3, -0.25) is 4.98 Å². The summed E-state index contributed by atoms with van der Waals surface area (Å²) in [6.07, 6.45) is 5.48. The summed E-state index contributed by atoms with van der Waals surface area (Å²) in [5.74, 6) is 0. The molecule has 0 aromatic carbocycles.